The van der Waals surface area contributed by atoms with E-state index < -0.39 is 0 Å². The van der Waals surface area contributed by atoms with Crippen LogP contribution in [0.25, 0.3) is 0 Å². The van der Waals surface area contributed by atoms with Crippen LogP contribution in [0.3, 0.4) is 0 Å². The molecular formula is C15H18N4OS. The van der Waals surface area contributed by atoms with Crippen molar-refractivity contribution in [2.75, 3.05) is 7.05 Å². The van der Waals surface area contributed by atoms with Gasteiger partial charge in [-0.1, -0.05) is 30.4 Å². The molecule has 2 N–H and O–H groups in total. The Bertz CT molecular complexity index is 693. The van der Waals surface area contributed by atoms with E-state index >= 15 is 0 Å². The van der Waals surface area contributed by atoms with E-state index in [-0.39, 0.29) is 5.91 Å². The van der Waals surface area contributed by atoms with Gasteiger partial charge >= 0.3 is 0 Å². The number of nitrogens with zero attached hydrogens (tertiary/aromatic N) is 3. The first-order chi connectivity index (χ1) is 9.88. The standard InChI is InChI=1S/C15H18N4OS/c1-10-7-13(19(3)17-10)15(20)18(2)9-11-5-4-6-12(8-11)14(16)21/h4-8H,9H2,1-3H3,(H2,16,21). The van der Waals surface area contributed by atoms with Crippen molar-refractivity contribution in [1.82, 2.24) is 14.7 Å². The maximum absolute atomic E-state index is 12.4. The second-order valence-corrected chi connectivity index (χ2v) is 5.46. The molecule has 5 nitrogen and oxygen atoms in total. The van der Waals surface area contributed by atoms with E-state index in [4.69, 9.17) is 18.0 Å². The number of benzene rings is 1. The third-order valence-electron chi connectivity index (χ3n) is 3.20. The summed E-state index contributed by atoms with van der Waals surface area (Å²) in [6, 6.07) is 9.37. The SMILES string of the molecule is Cc1cc(C(=O)N(C)Cc2cccc(C(N)=S)c2)n(C)n1. The van der Waals surface area contributed by atoms with Crippen molar-refractivity contribution in [2.45, 2.75) is 13.5 Å². The van der Waals surface area contributed by atoms with E-state index in [9.17, 15) is 4.79 Å². The summed E-state index contributed by atoms with van der Waals surface area (Å²) in [4.78, 5) is 14.4. The molecule has 0 fully saturated rings. The van der Waals surface area contributed by atoms with Gasteiger partial charge in [-0.2, -0.15) is 5.10 Å². The molecule has 0 aliphatic carbocycles. The number of thiocarbonyl (C=S) groups is 1. The predicted octanol–water partition coefficient (Wildman–Crippen LogP) is 1.63. The average molecular weight is 302 g/mol. The number of aromatic nitrogens is 2. The summed E-state index contributed by atoms with van der Waals surface area (Å²) in [5.41, 5.74) is 8.81. The third-order valence-corrected chi connectivity index (χ3v) is 3.43. The summed E-state index contributed by atoms with van der Waals surface area (Å²) in [6.45, 7) is 2.35. The first kappa shape index (κ1) is 15.2. The molecule has 0 aliphatic heterocycles. The van der Waals surface area contributed by atoms with Gasteiger partial charge in [-0.05, 0) is 24.6 Å². The fraction of sp³-hybridized carbons (Fsp3) is 0.267. The summed E-state index contributed by atoms with van der Waals surface area (Å²) in [6.07, 6.45) is 0. The zero-order chi connectivity index (χ0) is 15.6. The number of carbonyl (C=O) groups is 1. The van der Waals surface area contributed by atoms with Gasteiger partial charge in [0.25, 0.3) is 5.91 Å². The third kappa shape index (κ3) is 3.46. The Hall–Kier alpha value is -2.21. The smallest absolute Gasteiger partial charge is 0.272 e. The van der Waals surface area contributed by atoms with Gasteiger partial charge in [0.15, 0.2) is 0 Å². The van der Waals surface area contributed by atoms with Crippen LogP contribution in [-0.4, -0.2) is 32.6 Å². The lowest BCUT2D eigenvalue weighted by molar-refractivity contribution is 0.0774. The topological polar surface area (TPSA) is 64.2 Å². The highest BCUT2D eigenvalue weighted by Crippen LogP contribution is 2.11. The Labute approximate surface area is 129 Å². The molecule has 6 heteroatoms. The molecule has 0 unspecified atom stereocenters. The van der Waals surface area contributed by atoms with Gasteiger partial charge in [0, 0.05) is 26.2 Å². The zero-order valence-electron chi connectivity index (χ0n) is 12.3. The Morgan fingerprint density at radius 2 is 2.14 bits per heavy atom. The lowest BCUT2D eigenvalue weighted by atomic mass is 10.1. The number of hydrogen-bond acceptors (Lipinski definition) is 3. The minimum absolute atomic E-state index is 0.0705. The number of carbonyl (C=O) groups excluding carboxylic acids is 1. The van der Waals surface area contributed by atoms with Gasteiger partial charge in [-0.25, -0.2) is 0 Å². The van der Waals surface area contributed by atoms with Crippen molar-refractivity contribution in [1.29, 1.82) is 0 Å². The molecule has 2 aromatic rings. The van der Waals surface area contributed by atoms with Crippen LogP contribution in [0.2, 0.25) is 0 Å². The molecule has 1 heterocycles. The van der Waals surface area contributed by atoms with E-state index in [1.165, 1.54) is 0 Å². The molecule has 0 saturated carbocycles. The summed E-state index contributed by atoms with van der Waals surface area (Å²) in [5.74, 6) is -0.0705. The van der Waals surface area contributed by atoms with Crippen LogP contribution in [0.5, 0.6) is 0 Å². The Kier molecular flexibility index (Phi) is 4.37. The van der Waals surface area contributed by atoms with Gasteiger partial charge < -0.3 is 10.6 Å². The van der Waals surface area contributed by atoms with Crippen LogP contribution >= 0.6 is 12.2 Å². The Morgan fingerprint density at radius 1 is 1.43 bits per heavy atom. The minimum Gasteiger partial charge on any atom is -0.389 e. The van der Waals surface area contributed by atoms with Gasteiger partial charge in [0.05, 0.1) is 5.69 Å². The fourth-order valence-electron chi connectivity index (χ4n) is 2.17. The van der Waals surface area contributed by atoms with Gasteiger partial charge in [-0.3, -0.25) is 9.48 Å². The number of rotatable bonds is 4. The largest absolute Gasteiger partial charge is 0.389 e. The van der Waals surface area contributed by atoms with Crippen molar-refractivity contribution in [3.05, 3.63) is 52.8 Å². The molecule has 1 aromatic carbocycles. The highest BCUT2D eigenvalue weighted by atomic mass is 32.1. The molecule has 0 radical (unpaired) electrons. The highest BCUT2D eigenvalue weighted by molar-refractivity contribution is 7.80. The lowest BCUT2D eigenvalue weighted by Gasteiger charge is -2.17. The summed E-state index contributed by atoms with van der Waals surface area (Å²) in [5, 5.41) is 4.19. The van der Waals surface area contributed by atoms with Crippen molar-refractivity contribution < 1.29 is 4.79 Å². The monoisotopic (exact) mass is 302 g/mol. The molecule has 110 valence electrons. The molecule has 21 heavy (non-hydrogen) atoms. The van der Waals surface area contributed by atoms with E-state index in [2.05, 4.69) is 5.10 Å². The van der Waals surface area contributed by atoms with Gasteiger partial charge in [0.1, 0.15) is 10.7 Å². The summed E-state index contributed by atoms with van der Waals surface area (Å²) < 4.78 is 1.60. The fourth-order valence-corrected chi connectivity index (χ4v) is 2.30. The molecular weight excluding hydrogens is 284 g/mol. The van der Waals surface area contributed by atoms with Crippen molar-refractivity contribution >= 4 is 23.1 Å². The Balaban J connectivity index is 2.16. The van der Waals surface area contributed by atoms with Gasteiger partial charge in [0.2, 0.25) is 0 Å². The normalized spacial score (nSPS) is 10.4. The van der Waals surface area contributed by atoms with Crippen LogP contribution in [0.1, 0.15) is 27.3 Å². The molecule has 0 saturated heterocycles. The first-order valence-electron chi connectivity index (χ1n) is 6.53. The quantitative estimate of drug-likeness (QED) is 0.872. The average Bonchev–Trinajstić information content (AvgIpc) is 2.77. The molecule has 0 aliphatic rings. The first-order valence-corrected chi connectivity index (χ1v) is 6.94. The number of nitrogens with two attached hydrogens (primary N) is 1. The van der Waals surface area contributed by atoms with Crippen LogP contribution in [0.4, 0.5) is 0 Å². The summed E-state index contributed by atoms with van der Waals surface area (Å²) in [7, 11) is 3.53. The van der Waals surface area contributed by atoms with E-state index in [0.29, 0.717) is 17.2 Å². The zero-order valence-corrected chi connectivity index (χ0v) is 13.1. The maximum atomic E-state index is 12.4. The van der Waals surface area contributed by atoms with Crippen molar-refractivity contribution in [3.63, 3.8) is 0 Å². The summed E-state index contributed by atoms with van der Waals surface area (Å²) >= 11 is 4.97. The second-order valence-electron chi connectivity index (χ2n) is 5.02. The Morgan fingerprint density at radius 3 is 2.71 bits per heavy atom. The van der Waals surface area contributed by atoms with Crippen molar-refractivity contribution in [3.8, 4) is 0 Å². The van der Waals surface area contributed by atoms with Crippen LogP contribution < -0.4 is 5.73 Å². The van der Waals surface area contributed by atoms with Gasteiger partial charge in [-0.15, -0.1) is 0 Å². The van der Waals surface area contributed by atoms with Crippen molar-refractivity contribution in [2.24, 2.45) is 12.8 Å². The van der Waals surface area contributed by atoms with Crippen LogP contribution in [0.15, 0.2) is 30.3 Å². The molecule has 0 spiro atoms. The second kappa shape index (κ2) is 6.05. The van der Waals surface area contributed by atoms with E-state index in [0.717, 1.165) is 16.8 Å². The molecule has 2 rings (SSSR count). The molecule has 1 amide bonds. The number of amides is 1. The van der Waals surface area contributed by atoms with E-state index in [1.54, 1.807) is 29.7 Å². The predicted molar refractivity (Wildman–Crippen MR) is 86.1 cm³/mol. The highest BCUT2D eigenvalue weighted by Gasteiger charge is 2.16. The van der Waals surface area contributed by atoms with Crippen LogP contribution in [0, 0.1) is 6.92 Å². The molecule has 0 atom stereocenters. The number of hydrogen-bond donors (Lipinski definition) is 1. The maximum Gasteiger partial charge on any atom is 0.272 e. The van der Waals surface area contributed by atoms with E-state index in [1.807, 2.05) is 31.2 Å². The lowest BCUT2D eigenvalue weighted by Crippen LogP contribution is -2.28. The molecule has 1 aromatic heterocycles. The van der Waals surface area contributed by atoms with Crippen LogP contribution in [-0.2, 0) is 13.6 Å². The molecule has 0 bridgehead atoms. The number of aryl methyl sites for hydroxylation is 2. The minimum atomic E-state index is -0.0705.